The summed E-state index contributed by atoms with van der Waals surface area (Å²) in [6.45, 7) is 9.15. The molecule has 3 fully saturated rings. The van der Waals surface area contributed by atoms with Crippen LogP contribution >= 0.6 is 11.6 Å². The summed E-state index contributed by atoms with van der Waals surface area (Å²) in [6.07, 6.45) is 7.14. The van der Waals surface area contributed by atoms with Gasteiger partial charge in [0.2, 0.25) is 0 Å². The van der Waals surface area contributed by atoms with E-state index in [1.165, 1.54) is 57.4 Å². The standard InChI is InChI=1S/C22H34ClN3O/c23-19-5-1-6-20(17-19)26-15-13-24(14-16-26)11-4-12-25-10-3-9-22(18-25)8-2-7-21(22)27/h1,5-6,17,21,27H,2-4,7-16,18H2/t21-,22-/m1/s1. The quantitative estimate of drug-likeness (QED) is 0.832. The highest BCUT2D eigenvalue weighted by Crippen LogP contribution is 2.44. The molecule has 2 aliphatic heterocycles. The normalized spacial score (nSPS) is 30.3. The second-order valence-corrected chi connectivity index (χ2v) is 9.25. The predicted molar refractivity (Wildman–Crippen MR) is 113 cm³/mol. The van der Waals surface area contributed by atoms with Gasteiger partial charge in [-0.05, 0) is 69.9 Å². The summed E-state index contributed by atoms with van der Waals surface area (Å²) < 4.78 is 0. The lowest BCUT2D eigenvalue weighted by molar-refractivity contribution is -0.0103. The fraction of sp³-hybridized carbons (Fsp3) is 0.727. The summed E-state index contributed by atoms with van der Waals surface area (Å²) in [5.41, 5.74) is 1.47. The zero-order valence-corrected chi connectivity index (χ0v) is 17.2. The molecule has 4 nitrogen and oxygen atoms in total. The summed E-state index contributed by atoms with van der Waals surface area (Å²) in [4.78, 5) is 7.67. The van der Waals surface area contributed by atoms with E-state index in [1.54, 1.807) is 0 Å². The molecule has 1 saturated carbocycles. The van der Waals surface area contributed by atoms with Crippen LogP contribution in [0.25, 0.3) is 0 Å². The highest BCUT2D eigenvalue weighted by Gasteiger charge is 2.44. The first-order chi connectivity index (χ1) is 13.1. The third-order valence-electron chi connectivity index (χ3n) is 7.04. The van der Waals surface area contributed by atoms with Gasteiger partial charge in [0.15, 0.2) is 0 Å². The number of anilines is 1. The zero-order chi connectivity index (χ0) is 18.7. The number of halogens is 1. The van der Waals surface area contributed by atoms with Gasteiger partial charge in [0.05, 0.1) is 6.10 Å². The summed E-state index contributed by atoms with van der Waals surface area (Å²) in [7, 11) is 0. The Morgan fingerprint density at radius 2 is 1.78 bits per heavy atom. The molecule has 2 atom stereocenters. The first kappa shape index (κ1) is 19.5. The van der Waals surface area contributed by atoms with Gasteiger partial charge in [0.1, 0.15) is 0 Å². The molecule has 2 saturated heterocycles. The fourth-order valence-corrected chi connectivity index (χ4v) is 5.65. The van der Waals surface area contributed by atoms with Gasteiger partial charge in [-0.15, -0.1) is 0 Å². The average Bonchev–Trinajstić information content (AvgIpc) is 3.02. The van der Waals surface area contributed by atoms with E-state index in [-0.39, 0.29) is 11.5 Å². The Hall–Kier alpha value is -0.810. The Morgan fingerprint density at radius 3 is 2.52 bits per heavy atom. The maximum absolute atomic E-state index is 10.4. The molecule has 0 aromatic heterocycles. The fourth-order valence-electron chi connectivity index (χ4n) is 5.47. The van der Waals surface area contributed by atoms with Gasteiger partial charge in [0, 0.05) is 48.8 Å². The highest BCUT2D eigenvalue weighted by atomic mass is 35.5. The number of aliphatic hydroxyl groups excluding tert-OH is 1. The van der Waals surface area contributed by atoms with Crippen molar-refractivity contribution in [3.63, 3.8) is 0 Å². The first-order valence-electron chi connectivity index (χ1n) is 10.8. The molecular weight excluding hydrogens is 358 g/mol. The van der Waals surface area contributed by atoms with Gasteiger partial charge in [0.25, 0.3) is 0 Å². The number of piperazine rings is 1. The van der Waals surface area contributed by atoms with Gasteiger partial charge in [-0.1, -0.05) is 24.1 Å². The Labute approximate surface area is 169 Å². The van der Waals surface area contributed by atoms with Crippen LogP contribution in [-0.2, 0) is 0 Å². The van der Waals surface area contributed by atoms with Gasteiger partial charge in [-0.25, -0.2) is 0 Å². The minimum absolute atomic E-state index is 0.0557. The minimum Gasteiger partial charge on any atom is -0.393 e. The number of nitrogens with zero attached hydrogens (tertiary/aromatic N) is 3. The molecular formula is C22H34ClN3O. The van der Waals surface area contributed by atoms with E-state index in [4.69, 9.17) is 11.6 Å². The van der Waals surface area contributed by atoms with Crippen molar-refractivity contribution in [2.24, 2.45) is 5.41 Å². The first-order valence-corrected chi connectivity index (χ1v) is 11.2. The third kappa shape index (κ3) is 4.61. The number of benzene rings is 1. The summed E-state index contributed by atoms with van der Waals surface area (Å²) >= 11 is 6.13. The maximum atomic E-state index is 10.4. The van der Waals surface area contributed by atoms with Crippen molar-refractivity contribution in [2.75, 3.05) is 57.3 Å². The van der Waals surface area contributed by atoms with Crippen molar-refractivity contribution in [2.45, 2.75) is 44.6 Å². The van der Waals surface area contributed by atoms with Gasteiger partial charge < -0.3 is 14.9 Å². The highest BCUT2D eigenvalue weighted by molar-refractivity contribution is 6.30. The SMILES string of the molecule is O[C@@H]1CCC[C@]12CCCN(CCCN1CCN(c3cccc(Cl)c3)CC1)C2. The molecule has 150 valence electrons. The van der Waals surface area contributed by atoms with E-state index in [0.29, 0.717) is 0 Å². The zero-order valence-electron chi connectivity index (χ0n) is 16.5. The molecule has 1 N–H and O–H groups in total. The van der Waals surface area contributed by atoms with Crippen LogP contribution in [0.15, 0.2) is 24.3 Å². The molecule has 1 aromatic carbocycles. The van der Waals surface area contributed by atoms with E-state index < -0.39 is 0 Å². The molecule has 0 unspecified atom stereocenters. The van der Waals surface area contributed by atoms with Crippen LogP contribution in [-0.4, -0.2) is 73.4 Å². The maximum Gasteiger partial charge on any atom is 0.0608 e. The Balaban J connectivity index is 1.18. The number of hydrogen-bond donors (Lipinski definition) is 1. The van der Waals surface area contributed by atoms with Crippen molar-refractivity contribution in [1.82, 2.24) is 9.80 Å². The van der Waals surface area contributed by atoms with Crippen LogP contribution in [0.3, 0.4) is 0 Å². The smallest absolute Gasteiger partial charge is 0.0608 e. The van der Waals surface area contributed by atoms with Crippen LogP contribution in [0.5, 0.6) is 0 Å². The number of piperidine rings is 1. The minimum atomic E-state index is -0.0557. The van der Waals surface area contributed by atoms with E-state index in [0.717, 1.165) is 44.2 Å². The Morgan fingerprint density at radius 1 is 1.00 bits per heavy atom. The molecule has 4 rings (SSSR count). The molecule has 1 spiro atoms. The molecule has 0 bridgehead atoms. The second kappa shape index (κ2) is 8.69. The number of hydrogen-bond acceptors (Lipinski definition) is 4. The monoisotopic (exact) mass is 391 g/mol. The van der Waals surface area contributed by atoms with Gasteiger partial charge in [-0.3, -0.25) is 4.90 Å². The van der Waals surface area contributed by atoms with Crippen LogP contribution in [0, 0.1) is 5.41 Å². The van der Waals surface area contributed by atoms with E-state index >= 15 is 0 Å². The largest absolute Gasteiger partial charge is 0.393 e. The molecule has 3 aliphatic rings. The number of aliphatic hydroxyl groups is 1. The van der Waals surface area contributed by atoms with Crippen molar-refractivity contribution in [3.05, 3.63) is 29.3 Å². The topological polar surface area (TPSA) is 30.0 Å². The number of likely N-dealkylation sites (tertiary alicyclic amines) is 1. The molecule has 1 aromatic rings. The van der Waals surface area contributed by atoms with Crippen molar-refractivity contribution < 1.29 is 5.11 Å². The Bertz CT molecular complexity index is 619. The summed E-state index contributed by atoms with van der Waals surface area (Å²) in [5, 5.41) is 11.3. The van der Waals surface area contributed by atoms with E-state index in [2.05, 4.69) is 26.8 Å². The lowest BCUT2D eigenvalue weighted by atomic mass is 9.76. The summed E-state index contributed by atoms with van der Waals surface area (Å²) in [6, 6.07) is 8.21. The molecule has 0 radical (unpaired) electrons. The van der Waals surface area contributed by atoms with E-state index in [1.807, 2.05) is 12.1 Å². The third-order valence-corrected chi connectivity index (χ3v) is 7.28. The summed E-state index contributed by atoms with van der Waals surface area (Å²) in [5.74, 6) is 0. The van der Waals surface area contributed by atoms with Crippen molar-refractivity contribution >= 4 is 17.3 Å². The average molecular weight is 392 g/mol. The van der Waals surface area contributed by atoms with Crippen molar-refractivity contribution in [3.8, 4) is 0 Å². The predicted octanol–water partition coefficient (Wildman–Crippen LogP) is 3.48. The van der Waals surface area contributed by atoms with Crippen LogP contribution in [0.4, 0.5) is 5.69 Å². The van der Waals surface area contributed by atoms with Gasteiger partial charge in [-0.2, -0.15) is 0 Å². The number of rotatable bonds is 5. The Kier molecular flexibility index (Phi) is 6.28. The molecule has 27 heavy (non-hydrogen) atoms. The molecule has 5 heteroatoms. The van der Waals surface area contributed by atoms with E-state index in [9.17, 15) is 5.11 Å². The van der Waals surface area contributed by atoms with Crippen LogP contribution in [0.2, 0.25) is 5.02 Å². The van der Waals surface area contributed by atoms with Crippen LogP contribution in [0.1, 0.15) is 38.5 Å². The second-order valence-electron chi connectivity index (χ2n) is 8.81. The molecule has 1 aliphatic carbocycles. The van der Waals surface area contributed by atoms with Gasteiger partial charge >= 0.3 is 0 Å². The van der Waals surface area contributed by atoms with Crippen molar-refractivity contribution in [1.29, 1.82) is 0 Å². The lowest BCUT2D eigenvalue weighted by Crippen LogP contribution is -2.49. The molecule has 2 heterocycles. The van der Waals surface area contributed by atoms with Crippen LogP contribution < -0.4 is 4.90 Å². The lowest BCUT2D eigenvalue weighted by Gasteiger charge is -2.43. The molecule has 0 amide bonds.